The molecular formula is C22H16ClN3O2. The van der Waals surface area contributed by atoms with Gasteiger partial charge in [0.15, 0.2) is 0 Å². The molecule has 4 aromatic rings. The van der Waals surface area contributed by atoms with E-state index in [0.717, 1.165) is 10.9 Å². The molecular weight excluding hydrogens is 374 g/mol. The molecule has 0 saturated carbocycles. The lowest BCUT2D eigenvalue weighted by molar-refractivity contribution is 0.102. The summed E-state index contributed by atoms with van der Waals surface area (Å²) in [6, 6.07) is 19.9. The van der Waals surface area contributed by atoms with Gasteiger partial charge in [0.25, 0.3) is 5.91 Å². The highest BCUT2D eigenvalue weighted by molar-refractivity contribution is 6.32. The predicted octanol–water partition coefficient (Wildman–Crippen LogP) is 5.27. The van der Waals surface area contributed by atoms with Crippen molar-refractivity contribution in [3.63, 3.8) is 0 Å². The molecule has 2 heterocycles. The van der Waals surface area contributed by atoms with Gasteiger partial charge < -0.3 is 9.73 Å². The van der Waals surface area contributed by atoms with E-state index in [1.165, 1.54) is 0 Å². The Labute approximate surface area is 166 Å². The number of rotatable bonds is 3. The van der Waals surface area contributed by atoms with Crippen LogP contribution in [0, 0.1) is 6.92 Å². The predicted molar refractivity (Wildman–Crippen MR) is 110 cm³/mol. The minimum Gasteiger partial charge on any atom is -0.438 e. The Kier molecular flexibility index (Phi) is 4.91. The van der Waals surface area contributed by atoms with Gasteiger partial charge in [-0.15, -0.1) is 0 Å². The summed E-state index contributed by atoms with van der Waals surface area (Å²) >= 11 is 6.22. The first kappa shape index (κ1) is 17.9. The second kappa shape index (κ2) is 7.66. The van der Waals surface area contributed by atoms with Gasteiger partial charge in [0.1, 0.15) is 17.0 Å². The normalized spacial score (nSPS) is 11.6. The number of pyridine rings is 1. The van der Waals surface area contributed by atoms with Crippen LogP contribution in [-0.4, -0.2) is 10.9 Å². The second-order valence-electron chi connectivity index (χ2n) is 6.24. The van der Waals surface area contributed by atoms with E-state index in [-0.39, 0.29) is 11.5 Å². The summed E-state index contributed by atoms with van der Waals surface area (Å²) in [6.07, 6.45) is 1.69. The summed E-state index contributed by atoms with van der Waals surface area (Å²) in [5.74, 6) is 0.0871. The molecule has 0 aliphatic rings. The third-order valence-corrected chi connectivity index (χ3v) is 4.45. The number of aryl methyl sites for hydroxylation is 1. The Morgan fingerprint density at radius 2 is 1.86 bits per heavy atom. The fraction of sp³-hybridized carbons (Fsp3) is 0.0455. The van der Waals surface area contributed by atoms with E-state index in [0.29, 0.717) is 27.7 Å². The lowest BCUT2D eigenvalue weighted by atomic mass is 10.1. The first-order valence-electron chi connectivity index (χ1n) is 8.66. The number of halogens is 1. The summed E-state index contributed by atoms with van der Waals surface area (Å²) in [4.78, 5) is 21.6. The minimum absolute atomic E-state index is 0.177. The Morgan fingerprint density at radius 1 is 1.07 bits per heavy atom. The molecule has 0 aliphatic heterocycles. The van der Waals surface area contributed by atoms with E-state index in [1.807, 2.05) is 49.4 Å². The second-order valence-corrected chi connectivity index (χ2v) is 6.65. The van der Waals surface area contributed by atoms with Gasteiger partial charge in [0.2, 0.25) is 5.55 Å². The molecule has 1 amide bonds. The van der Waals surface area contributed by atoms with Crippen molar-refractivity contribution in [1.29, 1.82) is 0 Å². The van der Waals surface area contributed by atoms with Crippen molar-refractivity contribution < 1.29 is 9.21 Å². The molecule has 0 aliphatic carbocycles. The van der Waals surface area contributed by atoms with Gasteiger partial charge in [0, 0.05) is 11.6 Å². The molecule has 1 N–H and O–H groups in total. The molecule has 0 spiro atoms. The molecule has 2 aromatic carbocycles. The maximum absolute atomic E-state index is 12.9. The molecule has 28 heavy (non-hydrogen) atoms. The number of benzene rings is 2. The van der Waals surface area contributed by atoms with Gasteiger partial charge in [-0.3, -0.25) is 4.79 Å². The van der Waals surface area contributed by atoms with Crippen LogP contribution in [0.15, 0.2) is 82.3 Å². The molecule has 0 fully saturated rings. The van der Waals surface area contributed by atoms with Crippen molar-refractivity contribution >= 4 is 40.0 Å². The van der Waals surface area contributed by atoms with E-state index in [9.17, 15) is 4.79 Å². The van der Waals surface area contributed by atoms with Crippen LogP contribution in [0.1, 0.15) is 15.9 Å². The van der Waals surface area contributed by atoms with Crippen molar-refractivity contribution in [3.8, 4) is 0 Å². The van der Waals surface area contributed by atoms with Crippen molar-refractivity contribution in [1.82, 2.24) is 4.98 Å². The molecule has 0 unspecified atom stereocenters. The molecule has 0 bridgehead atoms. The van der Waals surface area contributed by atoms with Gasteiger partial charge in [-0.25, -0.2) is 9.98 Å². The number of nitrogens with zero attached hydrogens (tertiary/aromatic N) is 2. The van der Waals surface area contributed by atoms with Crippen molar-refractivity contribution in [2.75, 3.05) is 5.32 Å². The van der Waals surface area contributed by atoms with Crippen LogP contribution in [0.4, 0.5) is 11.5 Å². The first-order valence-corrected chi connectivity index (χ1v) is 9.04. The number of hydrogen-bond donors (Lipinski definition) is 1. The lowest BCUT2D eigenvalue weighted by Crippen LogP contribution is -2.22. The number of hydrogen-bond acceptors (Lipinski definition) is 4. The monoisotopic (exact) mass is 389 g/mol. The number of aromatic nitrogens is 1. The number of amides is 1. The highest BCUT2D eigenvalue weighted by Crippen LogP contribution is 2.23. The molecule has 0 radical (unpaired) electrons. The number of carbonyl (C=O) groups is 1. The van der Waals surface area contributed by atoms with Crippen LogP contribution in [0.3, 0.4) is 0 Å². The summed E-state index contributed by atoms with van der Waals surface area (Å²) in [6.45, 7) is 1.93. The molecule has 0 atom stereocenters. The van der Waals surface area contributed by atoms with Gasteiger partial charge in [-0.05, 0) is 42.8 Å². The summed E-state index contributed by atoms with van der Waals surface area (Å²) in [5.41, 5.74) is 2.62. The van der Waals surface area contributed by atoms with E-state index >= 15 is 0 Å². The molecule has 138 valence electrons. The average Bonchev–Trinajstić information content (AvgIpc) is 2.71. The smallest absolute Gasteiger partial charge is 0.262 e. The highest BCUT2D eigenvalue weighted by atomic mass is 35.5. The Bertz CT molecular complexity index is 1230. The van der Waals surface area contributed by atoms with Crippen LogP contribution in [0.2, 0.25) is 5.02 Å². The van der Waals surface area contributed by atoms with Crippen LogP contribution < -0.4 is 10.9 Å². The van der Waals surface area contributed by atoms with Gasteiger partial charge in [0.05, 0.1) is 10.7 Å². The number of fused-ring (bicyclic) bond motifs is 1. The summed E-state index contributed by atoms with van der Waals surface area (Å²) in [5, 5.41) is 4.05. The Hall–Kier alpha value is -3.44. The van der Waals surface area contributed by atoms with E-state index in [1.54, 1.807) is 30.5 Å². The van der Waals surface area contributed by atoms with Crippen LogP contribution >= 0.6 is 11.6 Å². The largest absolute Gasteiger partial charge is 0.438 e. The number of anilines is 1. The van der Waals surface area contributed by atoms with Gasteiger partial charge in [-0.1, -0.05) is 48.0 Å². The third-order valence-electron chi connectivity index (χ3n) is 4.13. The number of para-hydroxylation sites is 2. The van der Waals surface area contributed by atoms with Crippen LogP contribution in [-0.2, 0) is 0 Å². The molecule has 6 heteroatoms. The molecule has 2 aromatic heterocycles. The first-order chi connectivity index (χ1) is 13.6. The van der Waals surface area contributed by atoms with Crippen LogP contribution in [0.25, 0.3) is 11.0 Å². The number of carbonyl (C=O) groups excluding carboxylic acids is 1. The maximum atomic E-state index is 12.9. The standard InChI is InChI=1S/C22H16ClN3O2/c1-14-10-11-20(24-13-14)26-21(27)16-12-15-6-2-5-9-19(15)28-22(16)25-18-8-4-3-7-17(18)23/h2-13H,1H3,(H,24,26,27). The van der Waals surface area contributed by atoms with Crippen molar-refractivity contribution in [2.45, 2.75) is 6.92 Å². The fourth-order valence-electron chi connectivity index (χ4n) is 2.69. The topological polar surface area (TPSA) is 67.5 Å². The summed E-state index contributed by atoms with van der Waals surface area (Å²) < 4.78 is 5.92. The SMILES string of the molecule is Cc1ccc(NC(=O)c2cc3ccccc3oc2=Nc2ccccc2Cl)nc1. The van der Waals surface area contributed by atoms with Gasteiger partial charge in [-0.2, -0.15) is 0 Å². The van der Waals surface area contributed by atoms with Crippen LogP contribution in [0.5, 0.6) is 0 Å². The van der Waals surface area contributed by atoms with E-state index in [4.69, 9.17) is 16.0 Å². The zero-order valence-corrected chi connectivity index (χ0v) is 15.8. The Balaban J connectivity index is 1.84. The maximum Gasteiger partial charge on any atom is 0.262 e. The summed E-state index contributed by atoms with van der Waals surface area (Å²) in [7, 11) is 0. The van der Waals surface area contributed by atoms with Crippen molar-refractivity contribution in [3.05, 3.63) is 94.6 Å². The highest BCUT2D eigenvalue weighted by Gasteiger charge is 2.14. The van der Waals surface area contributed by atoms with Crippen molar-refractivity contribution in [2.24, 2.45) is 4.99 Å². The molecule has 5 nitrogen and oxygen atoms in total. The van der Waals surface area contributed by atoms with E-state index in [2.05, 4.69) is 15.3 Å². The third kappa shape index (κ3) is 3.80. The van der Waals surface area contributed by atoms with Gasteiger partial charge >= 0.3 is 0 Å². The molecule has 0 saturated heterocycles. The Morgan fingerprint density at radius 3 is 2.64 bits per heavy atom. The number of nitrogens with one attached hydrogen (secondary N) is 1. The molecule has 4 rings (SSSR count). The average molecular weight is 390 g/mol. The minimum atomic E-state index is -0.364. The zero-order chi connectivity index (χ0) is 19.5. The van der Waals surface area contributed by atoms with E-state index < -0.39 is 0 Å². The fourth-order valence-corrected chi connectivity index (χ4v) is 2.87. The lowest BCUT2D eigenvalue weighted by Gasteiger charge is -2.07. The quantitative estimate of drug-likeness (QED) is 0.518. The zero-order valence-electron chi connectivity index (χ0n) is 15.0.